The fourth-order valence-electron chi connectivity index (χ4n) is 1.92. The van der Waals surface area contributed by atoms with Crippen LogP contribution in [0.4, 0.5) is 8.78 Å². The maximum Gasteiger partial charge on any atom is 0.326 e. The van der Waals surface area contributed by atoms with E-state index in [1.807, 2.05) is 30.3 Å². The predicted octanol–water partition coefficient (Wildman–Crippen LogP) is 2.61. The van der Waals surface area contributed by atoms with Gasteiger partial charge >= 0.3 is 5.97 Å². The van der Waals surface area contributed by atoms with Gasteiger partial charge in [0.2, 0.25) is 0 Å². The van der Waals surface area contributed by atoms with Crippen molar-refractivity contribution in [1.82, 2.24) is 5.32 Å². The van der Waals surface area contributed by atoms with Crippen LogP contribution in [0.5, 0.6) is 0 Å². The quantitative estimate of drug-likeness (QED) is 0.792. The smallest absolute Gasteiger partial charge is 0.326 e. The van der Waals surface area contributed by atoms with Gasteiger partial charge in [0, 0.05) is 12.0 Å². The number of nitrogens with one attached hydrogen (secondary N) is 1. The molecule has 2 N–H and O–H groups in total. The van der Waals surface area contributed by atoms with E-state index in [1.54, 1.807) is 30.3 Å². The number of alkyl halides is 2. The molecule has 0 saturated carbocycles. The molecule has 0 fully saturated rings. The lowest BCUT2D eigenvalue weighted by Crippen LogP contribution is -2.42. The molecular weight excluding hydrogens is 344 g/mol. The molecule has 0 bridgehead atoms. The molecule has 1 atom stereocenters. The van der Waals surface area contributed by atoms with Crippen LogP contribution in [0.25, 0.3) is 0 Å². The second kappa shape index (κ2) is 11.5. The number of aliphatic carboxylic acids is 1. The van der Waals surface area contributed by atoms with Gasteiger partial charge in [-0.25, -0.2) is 13.6 Å². The molecule has 0 aliphatic heterocycles. The van der Waals surface area contributed by atoms with Crippen molar-refractivity contribution in [3.63, 3.8) is 0 Å². The van der Waals surface area contributed by atoms with E-state index < -0.39 is 31.1 Å². The molecule has 2 aromatic carbocycles. The van der Waals surface area contributed by atoms with Crippen molar-refractivity contribution in [2.45, 2.75) is 12.5 Å². The van der Waals surface area contributed by atoms with Gasteiger partial charge in [0.05, 0.1) is 0 Å². The lowest BCUT2D eigenvalue weighted by atomic mass is 10.1. The zero-order valence-corrected chi connectivity index (χ0v) is 13.9. The first-order chi connectivity index (χ1) is 12.5. The molecule has 0 aliphatic rings. The number of carbonyl (C=O) groups excluding carboxylic acids is 2. The van der Waals surface area contributed by atoms with Crippen LogP contribution in [0.2, 0.25) is 0 Å². The maximum absolute atomic E-state index is 12.0. The Morgan fingerprint density at radius 2 is 1.38 bits per heavy atom. The number of halogens is 2. The highest BCUT2D eigenvalue weighted by Crippen LogP contribution is 2.05. The minimum absolute atomic E-state index is 0.259. The predicted molar refractivity (Wildman–Crippen MR) is 92.4 cm³/mol. The van der Waals surface area contributed by atoms with Crippen molar-refractivity contribution < 1.29 is 28.3 Å². The summed E-state index contributed by atoms with van der Waals surface area (Å²) in [6.07, 6.45) is 0.259. The topological polar surface area (TPSA) is 83.5 Å². The van der Waals surface area contributed by atoms with Crippen molar-refractivity contribution in [3.8, 4) is 0 Å². The fourth-order valence-corrected chi connectivity index (χ4v) is 1.92. The van der Waals surface area contributed by atoms with E-state index in [-0.39, 0.29) is 12.3 Å². The second-order valence-corrected chi connectivity index (χ2v) is 5.23. The summed E-state index contributed by atoms with van der Waals surface area (Å²) in [6.45, 7) is -2.37. The molecule has 0 heterocycles. The van der Waals surface area contributed by atoms with Gasteiger partial charge in [-0.2, -0.15) is 0 Å². The molecule has 0 radical (unpaired) electrons. The van der Waals surface area contributed by atoms with Gasteiger partial charge in [-0.15, -0.1) is 0 Å². The first-order valence-electron chi connectivity index (χ1n) is 7.74. The first kappa shape index (κ1) is 21.0. The van der Waals surface area contributed by atoms with Gasteiger partial charge in [0.1, 0.15) is 6.04 Å². The molecule has 0 aromatic heterocycles. The van der Waals surface area contributed by atoms with Crippen molar-refractivity contribution >= 4 is 17.7 Å². The number of amides is 1. The number of carbonyl (C=O) groups is 3. The van der Waals surface area contributed by atoms with Crippen molar-refractivity contribution in [3.05, 3.63) is 71.8 Å². The van der Waals surface area contributed by atoms with Crippen LogP contribution in [0.3, 0.4) is 0 Å². The Balaban J connectivity index is 0.000000487. The molecule has 138 valence electrons. The van der Waals surface area contributed by atoms with Gasteiger partial charge < -0.3 is 10.4 Å². The summed E-state index contributed by atoms with van der Waals surface area (Å²) in [5.74, 6) is -2.41. The standard InChI is InChI=1S/C16H15NO3.C3H4F2O/c18-15(13-9-5-2-6-10-13)17-14(16(19)20)11-12-7-3-1-4-8-12;4-1-3(6)2-5/h1-10,14H,11H2,(H,17,18)(H,19,20);1-2H2. The SMILES string of the molecule is O=C(CF)CF.O=C(NC(Cc1ccccc1)C(=O)O)c1ccccc1. The average Bonchev–Trinajstić information content (AvgIpc) is 2.68. The van der Waals surface area contributed by atoms with Gasteiger partial charge in [-0.05, 0) is 17.7 Å². The van der Waals surface area contributed by atoms with Crippen LogP contribution in [0.15, 0.2) is 60.7 Å². The molecule has 26 heavy (non-hydrogen) atoms. The van der Waals surface area contributed by atoms with E-state index in [1.165, 1.54) is 0 Å². The number of carboxylic acid groups (broad SMARTS) is 1. The van der Waals surface area contributed by atoms with Gasteiger partial charge in [0.25, 0.3) is 5.91 Å². The monoisotopic (exact) mass is 363 g/mol. The van der Waals surface area contributed by atoms with E-state index in [9.17, 15) is 28.3 Å². The third-order valence-corrected chi connectivity index (χ3v) is 3.22. The molecule has 0 saturated heterocycles. The summed E-state index contributed by atoms with van der Waals surface area (Å²) in [5, 5.41) is 11.8. The molecule has 2 aromatic rings. The Morgan fingerprint density at radius 3 is 1.81 bits per heavy atom. The fraction of sp³-hybridized carbons (Fsp3) is 0.211. The summed E-state index contributed by atoms with van der Waals surface area (Å²) in [6, 6.07) is 16.9. The normalized spacial score (nSPS) is 10.8. The molecule has 1 amide bonds. The van der Waals surface area contributed by atoms with Gasteiger partial charge in [-0.3, -0.25) is 9.59 Å². The van der Waals surface area contributed by atoms with Crippen LogP contribution in [0, 0.1) is 0 Å². The van der Waals surface area contributed by atoms with E-state index in [0.717, 1.165) is 5.56 Å². The number of hydrogen-bond acceptors (Lipinski definition) is 3. The average molecular weight is 363 g/mol. The second-order valence-electron chi connectivity index (χ2n) is 5.23. The summed E-state index contributed by atoms with van der Waals surface area (Å²) in [5.41, 5.74) is 1.32. The largest absolute Gasteiger partial charge is 0.480 e. The Hall–Kier alpha value is -3.09. The summed E-state index contributed by atoms with van der Waals surface area (Å²) in [4.78, 5) is 32.7. The number of rotatable bonds is 7. The zero-order chi connectivity index (χ0) is 19.4. The highest BCUT2D eigenvalue weighted by atomic mass is 19.1. The highest BCUT2D eigenvalue weighted by Gasteiger charge is 2.20. The minimum atomic E-state index is -1.18. The summed E-state index contributed by atoms with van der Waals surface area (Å²) in [7, 11) is 0. The number of benzene rings is 2. The van der Waals surface area contributed by atoms with E-state index in [0.29, 0.717) is 5.56 Å². The minimum Gasteiger partial charge on any atom is -0.480 e. The van der Waals surface area contributed by atoms with Crippen molar-refractivity contribution in [2.24, 2.45) is 0 Å². The third kappa shape index (κ3) is 7.65. The van der Waals surface area contributed by atoms with Crippen molar-refractivity contribution in [1.29, 1.82) is 0 Å². The van der Waals surface area contributed by atoms with E-state index >= 15 is 0 Å². The van der Waals surface area contributed by atoms with Crippen LogP contribution in [-0.4, -0.2) is 42.2 Å². The third-order valence-electron chi connectivity index (χ3n) is 3.22. The van der Waals surface area contributed by atoms with Gasteiger partial charge in [-0.1, -0.05) is 48.5 Å². The Kier molecular flexibility index (Phi) is 9.24. The first-order valence-corrected chi connectivity index (χ1v) is 7.74. The summed E-state index contributed by atoms with van der Waals surface area (Å²) >= 11 is 0. The number of hydrogen-bond donors (Lipinski definition) is 2. The summed E-state index contributed by atoms with van der Waals surface area (Å²) < 4.78 is 21.6. The Labute approximate surface area is 149 Å². The van der Waals surface area contributed by atoms with Crippen LogP contribution in [0.1, 0.15) is 15.9 Å². The van der Waals surface area contributed by atoms with Crippen LogP contribution < -0.4 is 5.32 Å². The lowest BCUT2D eigenvalue weighted by Gasteiger charge is -2.14. The molecule has 7 heteroatoms. The highest BCUT2D eigenvalue weighted by molar-refractivity contribution is 5.96. The molecule has 0 aliphatic carbocycles. The Bertz CT molecular complexity index is 702. The molecule has 1 unspecified atom stereocenters. The molecule has 0 spiro atoms. The maximum atomic E-state index is 12.0. The molecular formula is C19H19F2NO4. The number of carboxylic acids is 1. The lowest BCUT2D eigenvalue weighted by molar-refractivity contribution is -0.139. The van der Waals surface area contributed by atoms with Crippen molar-refractivity contribution in [2.75, 3.05) is 13.3 Å². The van der Waals surface area contributed by atoms with E-state index in [4.69, 9.17) is 0 Å². The molecule has 2 rings (SSSR count). The van der Waals surface area contributed by atoms with Crippen LogP contribution in [-0.2, 0) is 16.0 Å². The van der Waals surface area contributed by atoms with E-state index in [2.05, 4.69) is 5.32 Å². The Morgan fingerprint density at radius 1 is 0.885 bits per heavy atom. The number of ketones is 1. The van der Waals surface area contributed by atoms with Gasteiger partial charge in [0.15, 0.2) is 19.1 Å². The number of Topliss-reactive ketones (excluding diaryl/α,β-unsaturated/α-hetero) is 1. The zero-order valence-electron chi connectivity index (χ0n) is 13.9. The van der Waals surface area contributed by atoms with Crippen LogP contribution >= 0.6 is 0 Å². The molecule has 5 nitrogen and oxygen atoms in total.